The van der Waals surface area contributed by atoms with Crippen molar-refractivity contribution in [2.45, 2.75) is 0 Å². The number of methoxy groups -OCH3 is 1. The van der Waals surface area contributed by atoms with Crippen molar-refractivity contribution in [1.82, 2.24) is 4.98 Å². The summed E-state index contributed by atoms with van der Waals surface area (Å²) in [5.74, 6) is 0.853. The molecule has 0 unspecified atom stereocenters. The zero-order valence-electron chi connectivity index (χ0n) is 7.12. The SMILES string of the molecule is COc1cccc2ncc(Br)cc12. The monoisotopic (exact) mass is 237 g/mol. The van der Waals surface area contributed by atoms with E-state index < -0.39 is 0 Å². The molecule has 0 saturated heterocycles. The number of fused-ring (bicyclic) bond motifs is 1. The van der Waals surface area contributed by atoms with Gasteiger partial charge in [-0.1, -0.05) is 6.07 Å². The first-order chi connectivity index (χ1) is 6.31. The van der Waals surface area contributed by atoms with E-state index in [1.54, 1.807) is 13.3 Å². The Morgan fingerprint density at radius 1 is 1.38 bits per heavy atom. The van der Waals surface area contributed by atoms with Crippen molar-refractivity contribution in [1.29, 1.82) is 0 Å². The third-order valence-electron chi connectivity index (χ3n) is 1.87. The fourth-order valence-electron chi connectivity index (χ4n) is 1.27. The molecule has 1 aromatic carbocycles. The van der Waals surface area contributed by atoms with Gasteiger partial charge in [0.1, 0.15) is 5.75 Å². The van der Waals surface area contributed by atoms with Gasteiger partial charge in [-0.25, -0.2) is 0 Å². The third kappa shape index (κ3) is 1.52. The van der Waals surface area contributed by atoms with Crippen LogP contribution in [0.1, 0.15) is 0 Å². The summed E-state index contributed by atoms with van der Waals surface area (Å²) in [5.41, 5.74) is 0.947. The molecule has 0 radical (unpaired) electrons. The second-order valence-electron chi connectivity index (χ2n) is 2.68. The summed E-state index contributed by atoms with van der Waals surface area (Å²) in [5, 5.41) is 1.03. The first-order valence-corrected chi connectivity index (χ1v) is 4.69. The van der Waals surface area contributed by atoms with Crippen molar-refractivity contribution < 1.29 is 4.74 Å². The smallest absolute Gasteiger partial charge is 0.128 e. The van der Waals surface area contributed by atoms with Gasteiger partial charge in [0.25, 0.3) is 0 Å². The van der Waals surface area contributed by atoms with Gasteiger partial charge in [-0.2, -0.15) is 0 Å². The summed E-state index contributed by atoms with van der Waals surface area (Å²) in [7, 11) is 1.66. The van der Waals surface area contributed by atoms with Crippen LogP contribution in [0.4, 0.5) is 0 Å². The molecule has 13 heavy (non-hydrogen) atoms. The summed E-state index contributed by atoms with van der Waals surface area (Å²) < 4.78 is 6.18. The second kappa shape index (κ2) is 3.34. The highest BCUT2D eigenvalue weighted by Gasteiger charge is 2.01. The van der Waals surface area contributed by atoms with Gasteiger partial charge >= 0.3 is 0 Å². The largest absolute Gasteiger partial charge is 0.496 e. The van der Waals surface area contributed by atoms with Crippen LogP contribution >= 0.6 is 15.9 Å². The summed E-state index contributed by atoms with van der Waals surface area (Å²) >= 11 is 3.38. The van der Waals surface area contributed by atoms with Gasteiger partial charge in [-0.05, 0) is 34.1 Å². The van der Waals surface area contributed by atoms with Crippen LogP contribution in [0.3, 0.4) is 0 Å². The summed E-state index contributed by atoms with van der Waals surface area (Å²) in [6.07, 6.45) is 1.78. The van der Waals surface area contributed by atoms with Crippen LogP contribution < -0.4 is 4.74 Å². The van der Waals surface area contributed by atoms with Crippen LogP contribution in [-0.2, 0) is 0 Å². The number of hydrogen-bond acceptors (Lipinski definition) is 2. The number of hydrogen-bond donors (Lipinski definition) is 0. The van der Waals surface area contributed by atoms with Crippen LogP contribution in [-0.4, -0.2) is 12.1 Å². The van der Waals surface area contributed by atoms with Gasteiger partial charge in [0, 0.05) is 16.1 Å². The number of ether oxygens (including phenoxy) is 1. The van der Waals surface area contributed by atoms with E-state index in [9.17, 15) is 0 Å². The Morgan fingerprint density at radius 2 is 2.23 bits per heavy atom. The van der Waals surface area contributed by atoms with E-state index in [1.165, 1.54) is 0 Å². The first-order valence-electron chi connectivity index (χ1n) is 3.89. The Balaban J connectivity index is 2.79. The van der Waals surface area contributed by atoms with Crippen LogP contribution in [0.15, 0.2) is 34.9 Å². The van der Waals surface area contributed by atoms with Crippen molar-refractivity contribution in [3.8, 4) is 5.75 Å². The molecule has 2 nitrogen and oxygen atoms in total. The maximum atomic E-state index is 5.22. The molecule has 0 bridgehead atoms. The molecule has 0 aliphatic rings. The molecule has 0 spiro atoms. The van der Waals surface area contributed by atoms with Crippen LogP contribution in [0.5, 0.6) is 5.75 Å². The minimum atomic E-state index is 0.853. The van der Waals surface area contributed by atoms with Crippen molar-refractivity contribution in [3.05, 3.63) is 34.9 Å². The van der Waals surface area contributed by atoms with Crippen molar-refractivity contribution in [2.24, 2.45) is 0 Å². The predicted molar refractivity (Wildman–Crippen MR) is 56.0 cm³/mol. The number of nitrogens with zero attached hydrogens (tertiary/aromatic N) is 1. The number of benzene rings is 1. The van der Waals surface area contributed by atoms with E-state index in [1.807, 2.05) is 24.3 Å². The molecular formula is C10H8BrNO. The summed E-state index contributed by atoms with van der Waals surface area (Å²) in [6.45, 7) is 0. The average Bonchev–Trinajstić information content (AvgIpc) is 2.17. The molecule has 0 aliphatic heterocycles. The molecule has 66 valence electrons. The molecule has 1 aromatic heterocycles. The molecule has 0 aliphatic carbocycles. The number of aromatic nitrogens is 1. The molecule has 0 atom stereocenters. The lowest BCUT2D eigenvalue weighted by molar-refractivity contribution is 0.419. The highest BCUT2D eigenvalue weighted by molar-refractivity contribution is 9.10. The van der Waals surface area contributed by atoms with E-state index in [-0.39, 0.29) is 0 Å². The van der Waals surface area contributed by atoms with Gasteiger partial charge in [0.2, 0.25) is 0 Å². The highest BCUT2D eigenvalue weighted by atomic mass is 79.9. The van der Waals surface area contributed by atoms with E-state index in [4.69, 9.17) is 4.74 Å². The van der Waals surface area contributed by atoms with Crippen LogP contribution in [0, 0.1) is 0 Å². The Bertz CT molecular complexity index is 442. The minimum Gasteiger partial charge on any atom is -0.496 e. The Labute approximate surface area is 84.7 Å². The van der Waals surface area contributed by atoms with Gasteiger partial charge in [-0.3, -0.25) is 4.98 Å². The third-order valence-corrected chi connectivity index (χ3v) is 2.31. The molecule has 0 amide bonds. The maximum absolute atomic E-state index is 5.22. The van der Waals surface area contributed by atoms with Gasteiger partial charge in [0.05, 0.1) is 12.6 Å². The quantitative estimate of drug-likeness (QED) is 0.761. The van der Waals surface area contributed by atoms with Crippen molar-refractivity contribution in [3.63, 3.8) is 0 Å². The van der Waals surface area contributed by atoms with Gasteiger partial charge in [0.15, 0.2) is 0 Å². The Hall–Kier alpha value is -1.09. The zero-order valence-corrected chi connectivity index (χ0v) is 8.71. The fraction of sp³-hybridized carbons (Fsp3) is 0.100. The van der Waals surface area contributed by atoms with Crippen LogP contribution in [0.2, 0.25) is 0 Å². The fourth-order valence-corrected chi connectivity index (χ4v) is 1.61. The lowest BCUT2D eigenvalue weighted by Gasteiger charge is -2.03. The lowest BCUT2D eigenvalue weighted by atomic mass is 10.2. The molecule has 0 N–H and O–H groups in total. The summed E-state index contributed by atoms with van der Waals surface area (Å²) in [4.78, 5) is 4.26. The van der Waals surface area contributed by atoms with Gasteiger partial charge in [-0.15, -0.1) is 0 Å². The standard InChI is InChI=1S/C10H8BrNO/c1-13-10-4-2-3-9-8(10)5-7(11)6-12-9/h2-6H,1H3. The van der Waals surface area contributed by atoms with E-state index in [0.29, 0.717) is 0 Å². The highest BCUT2D eigenvalue weighted by Crippen LogP contribution is 2.25. The molecule has 1 heterocycles. The van der Waals surface area contributed by atoms with E-state index >= 15 is 0 Å². The maximum Gasteiger partial charge on any atom is 0.128 e. The normalized spacial score (nSPS) is 10.3. The molecule has 2 aromatic rings. The topological polar surface area (TPSA) is 22.1 Å². The average molecular weight is 238 g/mol. The van der Waals surface area contributed by atoms with E-state index in [0.717, 1.165) is 21.1 Å². The molecule has 0 fully saturated rings. The molecule has 3 heteroatoms. The van der Waals surface area contributed by atoms with E-state index in [2.05, 4.69) is 20.9 Å². The van der Waals surface area contributed by atoms with Gasteiger partial charge < -0.3 is 4.74 Å². The molecule has 0 saturated carbocycles. The second-order valence-corrected chi connectivity index (χ2v) is 3.60. The predicted octanol–water partition coefficient (Wildman–Crippen LogP) is 3.01. The number of halogens is 1. The Morgan fingerprint density at radius 3 is 3.00 bits per heavy atom. The van der Waals surface area contributed by atoms with Crippen LogP contribution in [0.25, 0.3) is 10.9 Å². The molecule has 2 rings (SSSR count). The summed E-state index contributed by atoms with van der Waals surface area (Å²) in [6, 6.07) is 7.82. The minimum absolute atomic E-state index is 0.853. The van der Waals surface area contributed by atoms with Crippen molar-refractivity contribution >= 4 is 26.8 Å². The Kier molecular flexibility index (Phi) is 2.19. The lowest BCUT2D eigenvalue weighted by Crippen LogP contribution is -1.86. The zero-order chi connectivity index (χ0) is 9.26. The molecular weight excluding hydrogens is 230 g/mol. The van der Waals surface area contributed by atoms with Crippen molar-refractivity contribution in [2.75, 3.05) is 7.11 Å². The first kappa shape index (κ1) is 8.51. The number of rotatable bonds is 1. The number of pyridine rings is 1.